The number of nitrogens with one attached hydrogen (secondary N) is 1. The molecule has 9 aromatic rings. The van der Waals surface area contributed by atoms with E-state index in [4.69, 9.17) is 50.4 Å². The van der Waals surface area contributed by atoms with Gasteiger partial charge in [-0.1, -0.05) is 53.2 Å². The van der Waals surface area contributed by atoms with Gasteiger partial charge in [-0.05, 0) is 102 Å². The highest BCUT2D eigenvalue weighted by molar-refractivity contribution is 7.99. The Hall–Kier alpha value is -6.64. The number of aryl methyl sites for hydroxylation is 1. The summed E-state index contributed by atoms with van der Waals surface area (Å²) in [7, 11) is 1.90. The van der Waals surface area contributed by atoms with Crippen LogP contribution in [0, 0.1) is 41.1 Å². The molecule has 2 saturated carbocycles. The molecule has 72 heavy (non-hydrogen) atoms. The van der Waals surface area contributed by atoms with Crippen LogP contribution in [0.5, 0.6) is 0 Å². The number of hydrogen-bond acceptors (Lipinski definition) is 14. The van der Waals surface area contributed by atoms with Crippen molar-refractivity contribution < 1.29 is 13.2 Å². The van der Waals surface area contributed by atoms with Gasteiger partial charge in [0.15, 0.2) is 5.65 Å². The van der Waals surface area contributed by atoms with Crippen LogP contribution in [0.25, 0.3) is 44.6 Å². The quantitative estimate of drug-likeness (QED) is 0.107. The lowest BCUT2D eigenvalue weighted by molar-refractivity contribution is 0.523. The van der Waals surface area contributed by atoms with E-state index >= 15 is 0 Å². The molecule has 366 valence electrons. The van der Waals surface area contributed by atoms with Crippen molar-refractivity contribution in [3.05, 3.63) is 136 Å². The largest absolute Gasteiger partial charge is 0.382 e. The number of rotatable bonds is 9. The lowest BCUT2D eigenvalue weighted by atomic mass is 9.90. The maximum atomic E-state index is 14.7. The van der Waals surface area contributed by atoms with E-state index in [-0.39, 0.29) is 35.4 Å². The van der Waals surface area contributed by atoms with Gasteiger partial charge >= 0.3 is 0 Å². The summed E-state index contributed by atoms with van der Waals surface area (Å²) in [5.41, 5.74) is 23.9. The predicted molar refractivity (Wildman–Crippen MR) is 273 cm³/mol. The van der Waals surface area contributed by atoms with Crippen molar-refractivity contribution in [1.82, 2.24) is 49.7 Å². The lowest BCUT2D eigenvalue weighted by Crippen LogP contribution is -2.32. The van der Waals surface area contributed by atoms with Crippen molar-refractivity contribution in [2.75, 3.05) is 54.8 Å². The summed E-state index contributed by atoms with van der Waals surface area (Å²) in [6, 6.07) is 20.1. The number of fused-ring (bicyclic) bond motifs is 5. The van der Waals surface area contributed by atoms with E-state index in [1.165, 1.54) is 30.0 Å². The third kappa shape index (κ3) is 7.49. The van der Waals surface area contributed by atoms with Gasteiger partial charge in [0.1, 0.15) is 51.0 Å². The minimum atomic E-state index is -0.556. The van der Waals surface area contributed by atoms with Gasteiger partial charge in [0.2, 0.25) is 5.65 Å². The maximum absolute atomic E-state index is 14.7. The molecule has 7 N–H and O–H groups in total. The van der Waals surface area contributed by atoms with E-state index in [2.05, 4.69) is 44.9 Å². The highest BCUT2D eigenvalue weighted by Crippen LogP contribution is 2.64. The Bertz CT molecular complexity index is 3600. The van der Waals surface area contributed by atoms with Crippen LogP contribution in [0.2, 0.25) is 10.0 Å². The highest BCUT2D eigenvalue weighted by Gasteiger charge is 2.67. The molecule has 0 spiro atoms. The molecule has 2 aliphatic carbocycles. The number of piperidine rings is 2. The Labute approximate surface area is 424 Å². The van der Waals surface area contributed by atoms with E-state index in [9.17, 15) is 13.2 Å². The zero-order valence-electron chi connectivity index (χ0n) is 38.7. The van der Waals surface area contributed by atoms with Crippen molar-refractivity contribution in [3.8, 4) is 11.3 Å². The second-order valence-corrected chi connectivity index (χ2v) is 20.8. The molecule has 0 amide bonds. The molecular weight excluding hydrogens is 983 g/mol. The Balaban J connectivity index is 0.000000147. The van der Waals surface area contributed by atoms with E-state index in [0.717, 1.165) is 76.4 Å². The zero-order chi connectivity index (χ0) is 49.6. The van der Waals surface area contributed by atoms with Gasteiger partial charge < -0.3 is 31.6 Å². The summed E-state index contributed by atoms with van der Waals surface area (Å²) in [5, 5.41) is 9.17. The van der Waals surface area contributed by atoms with Crippen LogP contribution in [0.4, 0.5) is 30.6 Å². The van der Waals surface area contributed by atoms with Gasteiger partial charge in [-0.2, -0.15) is 5.10 Å². The molecule has 8 heterocycles. The van der Waals surface area contributed by atoms with Crippen LogP contribution in [-0.2, 0) is 17.9 Å². The second-order valence-electron chi connectivity index (χ2n) is 19.0. The predicted octanol–water partition coefficient (Wildman–Crippen LogP) is 8.49. The highest BCUT2D eigenvalue weighted by atomic mass is 35.5. The number of anilines is 3. The first-order chi connectivity index (χ1) is 34.9. The number of nitrogens with two attached hydrogens (primary N) is 3. The van der Waals surface area contributed by atoms with Crippen LogP contribution in [0.15, 0.2) is 108 Å². The van der Waals surface area contributed by atoms with Gasteiger partial charge in [0.05, 0.1) is 45.5 Å². The number of nitrogens with zero attached hydrogens (tertiary/aromatic N) is 11. The molecule has 2 saturated heterocycles. The molecule has 6 aromatic heterocycles. The van der Waals surface area contributed by atoms with E-state index in [1.807, 2.05) is 48.0 Å². The van der Waals surface area contributed by atoms with Crippen LogP contribution >= 0.6 is 35.0 Å². The standard InChI is InChI=1S/C26H23ClF2N8.C25H23ClFN7S/c1-36-12-32-19-5-3-14(21(27)24(19)36)22-23-25(35-34-22)33-20(9-31-23)37-7-6-15-17(10-37)26(15,11-30)16-8-13(28)2-4-18(16)29;26-22-19(7-9-30-23(22)29)35-21-6-5-18-24(33-21)31-11-20(32-18)34-10-8-14-16(12-34)25(14,13-28)15-3-1-2-4-17(15)27/h2-5,8-9,12,15,17H,6-7,10-11,30H2,1H3,(H,33,34,35);1-7,9,11,14,16H,8,10,12-13,28H2,(H2,29,30)/t15-,17+,26-;14-,16+,25-/m11/s1. The first-order valence-electron chi connectivity index (χ1n) is 23.6. The van der Waals surface area contributed by atoms with Gasteiger partial charge in [-0.15, -0.1) is 0 Å². The van der Waals surface area contributed by atoms with E-state index < -0.39 is 17.0 Å². The smallest absolute Gasteiger partial charge is 0.202 e. The molecule has 0 bridgehead atoms. The number of pyridine rings is 2. The molecule has 0 radical (unpaired) electrons. The molecule has 21 heteroatoms. The first kappa shape index (κ1) is 46.4. The monoisotopic (exact) mass is 1030 g/mol. The molecule has 3 aromatic carbocycles. The number of aromatic nitrogens is 10. The minimum absolute atomic E-state index is 0.110. The molecule has 15 nitrogen and oxygen atoms in total. The Morgan fingerprint density at radius 3 is 2.17 bits per heavy atom. The molecule has 0 unspecified atom stereocenters. The third-order valence-electron chi connectivity index (χ3n) is 15.6. The zero-order valence-corrected chi connectivity index (χ0v) is 41.0. The molecule has 2 aliphatic heterocycles. The summed E-state index contributed by atoms with van der Waals surface area (Å²) < 4.78 is 45.2. The van der Waals surface area contributed by atoms with Gasteiger partial charge in [0, 0.05) is 73.8 Å². The molecular formula is C51H46Cl2F3N15S. The fourth-order valence-electron chi connectivity index (χ4n) is 11.9. The lowest BCUT2D eigenvalue weighted by Gasteiger charge is -2.27. The van der Waals surface area contributed by atoms with Crippen molar-refractivity contribution in [1.29, 1.82) is 0 Å². The van der Waals surface area contributed by atoms with Gasteiger partial charge in [-0.25, -0.2) is 48.1 Å². The summed E-state index contributed by atoms with van der Waals surface area (Å²) in [4.78, 5) is 37.0. The summed E-state index contributed by atoms with van der Waals surface area (Å²) in [6.45, 7) is 3.68. The average Bonchev–Trinajstić information content (AvgIpc) is 4.10. The SMILES string of the molecule is Cn1cnc2ccc(-c3[nH]nc4nc(N5CC[C@@H]6[C@H](C5)[C@@]6(CN)c5cc(F)ccc5F)cnc34)c(Cl)c21.NC[C@]1(c2ccccc2F)[C@@H]2CCN(c3cnc4nc(Sc5ccnc(N)c5Cl)ccc4n3)C[C@@H]21. The van der Waals surface area contributed by atoms with E-state index in [0.29, 0.717) is 74.4 Å². The van der Waals surface area contributed by atoms with Gasteiger partial charge in [0.25, 0.3) is 0 Å². The fraction of sp³-hybridized carbons (Fsp3) is 0.294. The van der Waals surface area contributed by atoms with Gasteiger partial charge in [-0.3, -0.25) is 5.10 Å². The third-order valence-corrected chi connectivity index (χ3v) is 17.5. The average molecular weight is 1030 g/mol. The summed E-state index contributed by atoms with van der Waals surface area (Å²) >= 11 is 14.4. The van der Waals surface area contributed by atoms with Crippen molar-refractivity contribution >= 4 is 85.8 Å². The van der Waals surface area contributed by atoms with E-state index in [1.54, 1.807) is 37.1 Å². The Kier molecular flexibility index (Phi) is 11.5. The van der Waals surface area contributed by atoms with Crippen LogP contribution < -0.4 is 27.0 Å². The summed E-state index contributed by atoms with van der Waals surface area (Å²) in [5.74, 6) is 1.77. The van der Waals surface area contributed by atoms with Crippen molar-refractivity contribution in [2.45, 2.75) is 33.6 Å². The summed E-state index contributed by atoms with van der Waals surface area (Å²) in [6.07, 6.45) is 8.58. The Morgan fingerprint density at radius 2 is 1.42 bits per heavy atom. The number of H-pyrrole nitrogens is 1. The van der Waals surface area contributed by atoms with Crippen LogP contribution in [0.1, 0.15) is 24.0 Å². The topological polar surface area (TPSA) is 208 Å². The van der Waals surface area contributed by atoms with Crippen molar-refractivity contribution in [2.24, 2.45) is 42.2 Å². The Morgan fingerprint density at radius 1 is 0.722 bits per heavy atom. The maximum Gasteiger partial charge on any atom is 0.202 e. The normalized spacial score (nSPS) is 23.2. The number of nitrogen functional groups attached to an aromatic ring is 1. The molecule has 6 atom stereocenters. The first-order valence-corrected chi connectivity index (χ1v) is 25.1. The number of halogens is 5. The molecule has 4 aliphatic rings. The molecule has 13 rings (SSSR count). The fourth-order valence-corrected chi connectivity index (χ4v) is 13.4. The number of hydrogen-bond donors (Lipinski definition) is 4. The number of benzene rings is 3. The second kappa shape index (κ2) is 17.8. The van der Waals surface area contributed by atoms with Crippen LogP contribution in [0.3, 0.4) is 0 Å². The minimum Gasteiger partial charge on any atom is -0.382 e. The number of imidazole rings is 1. The van der Waals surface area contributed by atoms with Crippen molar-refractivity contribution in [3.63, 3.8) is 0 Å². The molecule has 4 fully saturated rings. The number of aromatic amines is 1. The van der Waals surface area contributed by atoms with Crippen LogP contribution in [-0.4, -0.2) is 88.9 Å².